The van der Waals surface area contributed by atoms with Gasteiger partial charge in [-0.1, -0.05) is 5.10 Å². The van der Waals surface area contributed by atoms with Crippen molar-refractivity contribution in [2.75, 3.05) is 32.1 Å². The minimum absolute atomic E-state index is 0.524. The van der Waals surface area contributed by atoms with Gasteiger partial charge in [-0.3, -0.25) is 0 Å². The molecule has 1 aromatic heterocycles. The number of nitrogens with one attached hydrogen (secondary N) is 2. The van der Waals surface area contributed by atoms with Gasteiger partial charge in [-0.25, -0.2) is 0 Å². The molecule has 6 heteroatoms. The maximum Gasteiger partial charge on any atom is 0.315 e. The third kappa shape index (κ3) is 3.79. The van der Waals surface area contributed by atoms with Crippen molar-refractivity contribution in [1.29, 1.82) is 0 Å². The molecular weight excluding hydrogens is 208 g/mol. The number of ether oxygens (including phenoxy) is 1. The summed E-state index contributed by atoms with van der Waals surface area (Å²) < 4.78 is 10.3. The molecule has 2 N–H and O–H groups in total. The molecule has 90 valence electrons. The number of anilines is 1. The maximum absolute atomic E-state index is 5.41. The van der Waals surface area contributed by atoms with Crippen LogP contribution in [0.3, 0.4) is 0 Å². The Balaban J connectivity index is 1.64. The molecule has 0 unspecified atom stereocenters. The van der Waals surface area contributed by atoms with Crippen molar-refractivity contribution >= 4 is 6.01 Å². The smallest absolute Gasteiger partial charge is 0.315 e. The summed E-state index contributed by atoms with van der Waals surface area (Å²) in [6, 6.07) is 0.524. The Morgan fingerprint density at radius 1 is 1.44 bits per heavy atom. The second-order valence-electron chi connectivity index (χ2n) is 3.99. The van der Waals surface area contributed by atoms with Crippen molar-refractivity contribution < 1.29 is 9.15 Å². The molecule has 0 atom stereocenters. The molecule has 16 heavy (non-hydrogen) atoms. The number of rotatable bonds is 8. The molecule has 0 saturated heterocycles. The quantitative estimate of drug-likeness (QED) is 0.633. The molecule has 1 fully saturated rings. The Hall–Kier alpha value is -1.14. The lowest BCUT2D eigenvalue weighted by Gasteiger charge is -1.99. The van der Waals surface area contributed by atoms with E-state index in [0.717, 1.165) is 19.0 Å². The molecule has 1 saturated carbocycles. The minimum atomic E-state index is 0.524. The molecule has 0 bridgehead atoms. The third-order valence-corrected chi connectivity index (χ3v) is 2.46. The van der Waals surface area contributed by atoms with Crippen LogP contribution in [0.2, 0.25) is 0 Å². The first-order valence-corrected chi connectivity index (χ1v) is 5.64. The first-order chi connectivity index (χ1) is 7.88. The van der Waals surface area contributed by atoms with Gasteiger partial charge in [0.05, 0.1) is 13.2 Å². The Morgan fingerprint density at radius 3 is 3.06 bits per heavy atom. The van der Waals surface area contributed by atoms with Gasteiger partial charge < -0.3 is 19.8 Å². The van der Waals surface area contributed by atoms with Crippen LogP contribution in [0.5, 0.6) is 0 Å². The van der Waals surface area contributed by atoms with E-state index in [2.05, 4.69) is 20.8 Å². The fraction of sp³-hybridized carbons (Fsp3) is 0.800. The molecule has 1 aromatic rings. The lowest BCUT2D eigenvalue weighted by atomic mass is 10.4. The second-order valence-corrected chi connectivity index (χ2v) is 3.99. The van der Waals surface area contributed by atoms with Gasteiger partial charge in [-0.15, -0.1) is 5.10 Å². The van der Waals surface area contributed by atoms with Crippen LogP contribution in [0.25, 0.3) is 0 Å². The maximum atomic E-state index is 5.41. The average molecular weight is 226 g/mol. The van der Waals surface area contributed by atoms with E-state index in [4.69, 9.17) is 9.15 Å². The zero-order valence-corrected chi connectivity index (χ0v) is 9.53. The molecule has 2 rings (SSSR count). The second kappa shape index (κ2) is 5.81. The summed E-state index contributed by atoms with van der Waals surface area (Å²) in [5.74, 6) is 1.41. The predicted octanol–water partition coefficient (Wildman–Crippen LogP) is 0.627. The average Bonchev–Trinajstić information content (AvgIpc) is 3.02. The van der Waals surface area contributed by atoms with Crippen LogP contribution in [0, 0.1) is 5.92 Å². The van der Waals surface area contributed by atoms with E-state index in [0.29, 0.717) is 25.1 Å². The summed E-state index contributed by atoms with van der Waals surface area (Å²) in [4.78, 5) is 0. The SMILES string of the molecule is COCCNCc1nnc(NCC2CC2)o1. The summed E-state index contributed by atoms with van der Waals surface area (Å²) in [6.07, 6.45) is 2.62. The van der Waals surface area contributed by atoms with Gasteiger partial charge in [0.1, 0.15) is 0 Å². The van der Waals surface area contributed by atoms with Crippen LogP contribution < -0.4 is 10.6 Å². The van der Waals surface area contributed by atoms with Crippen molar-refractivity contribution in [1.82, 2.24) is 15.5 Å². The largest absolute Gasteiger partial charge is 0.407 e. The van der Waals surface area contributed by atoms with Crippen molar-refractivity contribution in [3.8, 4) is 0 Å². The van der Waals surface area contributed by atoms with Crippen LogP contribution in [-0.2, 0) is 11.3 Å². The van der Waals surface area contributed by atoms with Gasteiger partial charge in [0.2, 0.25) is 5.89 Å². The summed E-state index contributed by atoms with van der Waals surface area (Å²) in [7, 11) is 1.67. The highest BCUT2D eigenvalue weighted by atomic mass is 16.5. The van der Waals surface area contributed by atoms with E-state index < -0.39 is 0 Å². The molecular formula is C10H18N4O2. The van der Waals surface area contributed by atoms with E-state index in [-0.39, 0.29) is 0 Å². The van der Waals surface area contributed by atoms with Crippen molar-refractivity contribution in [2.24, 2.45) is 5.92 Å². The summed E-state index contributed by atoms with van der Waals surface area (Å²) in [6.45, 7) is 2.99. The number of hydrogen-bond acceptors (Lipinski definition) is 6. The normalized spacial score (nSPS) is 15.3. The molecule has 1 heterocycles. The van der Waals surface area contributed by atoms with E-state index in [9.17, 15) is 0 Å². The Kier molecular flexibility index (Phi) is 4.12. The molecule has 1 aliphatic rings. The Labute approximate surface area is 94.8 Å². The molecule has 0 radical (unpaired) electrons. The number of methoxy groups -OCH3 is 1. The Bertz CT molecular complexity index is 312. The zero-order valence-electron chi connectivity index (χ0n) is 9.53. The first kappa shape index (κ1) is 11.3. The highest BCUT2D eigenvalue weighted by molar-refractivity contribution is 5.17. The van der Waals surface area contributed by atoms with Crippen molar-refractivity contribution in [3.63, 3.8) is 0 Å². The van der Waals surface area contributed by atoms with Crippen LogP contribution in [0.1, 0.15) is 18.7 Å². The zero-order chi connectivity index (χ0) is 11.2. The van der Waals surface area contributed by atoms with E-state index in [1.807, 2.05) is 0 Å². The van der Waals surface area contributed by atoms with Gasteiger partial charge >= 0.3 is 6.01 Å². The van der Waals surface area contributed by atoms with Crippen LogP contribution >= 0.6 is 0 Å². The lowest BCUT2D eigenvalue weighted by molar-refractivity contribution is 0.198. The van der Waals surface area contributed by atoms with Crippen LogP contribution in [0.4, 0.5) is 6.01 Å². The van der Waals surface area contributed by atoms with Crippen LogP contribution in [0.15, 0.2) is 4.42 Å². The summed E-state index contributed by atoms with van der Waals surface area (Å²) in [5.41, 5.74) is 0. The van der Waals surface area contributed by atoms with Crippen molar-refractivity contribution in [2.45, 2.75) is 19.4 Å². The topological polar surface area (TPSA) is 72.2 Å². The van der Waals surface area contributed by atoms with Gasteiger partial charge in [0.25, 0.3) is 0 Å². The molecule has 0 spiro atoms. The van der Waals surface area contributed by atoms with Gasteiger partial charge in [-0.2, -0.15) is 0 Å². The summed E-state index contributed by atoms with van der Waals surface area (Å²) >= 11 is 0. The lowest BCUT2D eigenvalue weighted by Crippen LogP contribution is -2.18. The summed E-state index contributed by atoms with van der Waals surface area (Å²) in [5, 5.41) is 14.1. The van der Waals surface area contributed by atoms with Crippen molar-refractivity contribution in [3.05, 3.63) is 5.89 Å². The predicted molar refractivity (Wildman–Crippen MR) is 59.1 cm³/mol. The molecule has 6 nitrogen and oxygen atoms in total. The third-order valence-electron chi connectivity index (χ3n) is 2.46. The van der Waals surface area contributed by atoms with Crippen LogP contribution in [-0.4, -0.2) is 37.0 Å². The molecule has 0 aliphatic heterocycles. The number of nitrogens with zero attached hydrogens (tertiary/aromatic N) is 2. The fourth-order valence-electron chi connectivity index (χ4n) is 1.32. The standard InChI is InChI=1S/C10H18N4O2/c1-15-5-4-11-7-9-13-14-10(16-9)12-6-8-2-3-8/h8,11H,2-7H2,1H3,(H,12,14). The van der Waals surface area contributed by atoms with Gasteiger partial charge in [0.15, 0.2) is 0 Å². The highest BCUT2D eigenvalue weighted by Gasteiger charge is 2.21. The molecule has 0 amide bonds. The minimum Gasteiger partial charge on any atom is -0.407 e. The van der Waals surface area contributed by atoms with E-state index >= 15 is 0 Å². The van der Waals surface area contributed by atoms with E-state index in [1.54, 1.807) is 7.11 Å². The molecule has 1 aliphatic carbocycles. The number of hydrogen-bond donors (Lipinski definition) is 2. The van der Waals surface area contributed by atoms with E-state index in [1.165, 1.54) is 12.8 Å². The van der Waals surface area contributed by atoms with Gasteiger partial charge in [-0.05, 0) is 18.8 Å². The first-order valence-electron chi connectivity index (χ1n) is 5.64. The Morgan fingerprint density at radius 2 is 2.31 bits per heavy atom. The fourth-order valence-corrected chi connectivity index (χ4v) is 1.32. The molecule has 0 aromatic carbocycles. The monoisotopic (exact) mass is 226 g/mol. The number of aromatic nitrogens is 2. The highest BCUT2D eigenvalue weighted by Crippen LogP contribution is 2.28. The van der Waals surface area contributed by atoms with Gasteiger partial charge in [0, 0.05) is 20.2 Å².